The highest BCUT2D eigenvalue weighted by Crippen LogP contribution is 2.19. The number of carbonyl (C=O) groups is 1. The average Bonchev–Trinajstić information content (AvgIpc) is 2.31. The van der Waals surface area contributed by atoms with Gasteiger partial charge >= 0.3 is 0 Å². The van der Waals surface area contributed by atoms with Gasteiger partial charge in [-0.05, 0) is 30.3 Å². The zero-order valence-corrected chi connectivity index (χ0v) is 10.1. The molecule has 0 radical (unpaired) electrons. The van der Waals surface area contributed by atoms with Gasteiger partial charge in [-0.2, -0.15) is 0 Å². The molecule has 0 atom stereocenters. The van der Waals surface area contributed by atoms with Crippen LogP contribution in [0.5, 0.6) is 0 Å². The molecule has 6 heteroatoms. The van der Waals surface area contributed by atoms with Crippen LogP contribution in [0.4, 0.5) is 18.9 Å². The number of hydrogen-bond acceptors (Lipinski definition) is 1. The molecule has 2 aromatic rings. The number of anilines is 1. The second kappa shape index (κ2) is 5.32. The van der Waals surface area contributed by atoms with Crippen LogP contribution < -0.4 is 5.32 Å². The first-order chi connectivity index (χ1) is 8.97. The van der Waals surface area contributed by atoms with Gasteiger partial charge in [-0.3, -0.25) is 4.79 Å². The van der Waals surface area contributed by atoms with Crippen LogP contribution in [0.25, 0.3) is 0 Å². The molecule has 19 heavy (non-hydrogen) atoms. The number of carbonyl (C=O) groups excluding carboxylic acids is 1. The quantitative estimate of drug-likeness (QED) is 0.887. The van der Waals surface area contributed by atoms with Crippen LogP contribution in [0.2, 0.25) is 5.02 Å². The lowest BCUT2D eigenvalue weighted by Gasteiger charge is -2.07. The Morgan fingerprint density at radius 1 is 1.11 bits per heavy atom. The third-order valence-corrected chi connectivity index (χ3v) is 2.53. The number of benzene rings is 2. The summed E-state index contributed by atoms with van der Waals surface area (Å²) in [5.41, 5.74) is -0.418. The standard InChI is InChI=1S/C13H7ClF3NO/c14-7-4-8(15)6-9(5-7)18-13(19)10-2-1-3-11(16)12(10)17/h1-6H,(H,18,19). The fourth-order valence-corrected chi connectivity index (χ4v) is 1.73. The maximum Gasteiger partial charge on any atom is 0.258 e. The lowest BCUT2D eigenvalue weighted by Crippen LogP contribution is -2.14. The first-order valence-corrected chi connectivity index (χ1v) is 5.56. The summed E-state index contributed by atoms with van der Waals surface area (Å²) < 4.78 is 39.4. The van der Waals surface area contributed by atoms with E-state index in [1.165, 1.54) is 12.1 Å². The Hall–Kier alpha value is -2.01. The molecule has 0 bridgehead atoms. The van der Waals surface area contributed by atoms with Crippen molar-refractivity contribution < 1.29 is 18.0 Å². The predicted octanol–water partition coefficient (Wildman–Crippen LogP) is 4.01. The Bertz CT molecular complexity index is 626. The molecule has 0 aliphatic carbocycles. The zero-order valence-electron chi connectivity index (χ0n) is 9.38. The number of amides is 1. The lowest BCUT2D eigenvalue weighted by molar-refractivity contribution is 0.102. The molecule has 1 N–H and O–H groups in total. The highest BCUT2D eigenvalue weighted by Gasteiger charge is 2.15. The molecule has 0 aromatic heterocycles. The van der Waals surface area contributed by atoms with Crippen molar-refractivity contribution in [2.24, 2.45) is 0 Å². The minimum absolute atomic E-state index is 0.0543. The predicted molar refractivity (Wildman–Crippen MR) is 65.7 cm³/mol. The van der Waals surface area contributed by atoms with E-state index in [2.05, 4.69) is 5.32 Å². The van der Waals surface area contributed by atoms with Gasteiger partial charge in [0.25, 0.3) is 5.91 Å². The van der Waals surface area contributed by atoms with Crippen molar-refractivity contribution in [3.05, 3.63) is 64.4 Å². The van der Waals surface area contributed by atoms with Crippen molar-refractivity contribution in [2.75, 3.05) is 5.32 Å². The summed E-state index contributed by atoms with van der Waals surface area (Å²) in [7, 11) is 0. The fourth-order valence-electron chi connectivity index (χ4n) is 1.50. The SMILES string of the molecule is O=C(Nc1cc(F)cc(Cl)c1)c1cccc(F)c1F. The van der Waals surface area contributed by atoms with E-state index in [4.69, 9.17) is 11.6 Å². The van der Waals surface area contributed by atoms with Crippen molar-refractivity contribution in [3.63, 3.8) is 0 Å². The summed E-state index contributed by atoms with van der Waals surface area (Å²) in [5.74, 6) is -3.94. The molecule has 0 aliphatic heterocycles. The molecular formula is C13H7ClF3NO. The van der Waals surface area contributed by atoms with Crippen molar-refractivity contribution in [1.29, 1.82) is 0 Å². The molecule has 98 valence electrons. The summed E-state index contributed by atoms with van der Waals surface area (Å²) in [4.78, 5) is 11.7. The van der Waals surface area contributed by atoms with Gasteiger partial charge in [0.2, 0.25) is 0 Å². The molecule has 0 aliphatic rings. The Kier molecular flexibility index (Phi) is 3.76. The lowest BCUT2D eigenvalue weighted by atomic mass is 10.2. The van der Waals surface area contributed by atoms with Gasteiger partial charge < -0.3 is 5.32 Å². The third kappa shape index (κ3) is 3.06. The Balaban J connectivity index is 2.28. The number of nitrogens with one attached hydrogen (secondary N) is 1. The maximum atomic E-state index is 13.4. The number of halogens is 4. The van der Waals surface area contributed by atoms with Gasteiger partial charge in [0, 0.05) is 10.7 Å². The summed E-state index contributed by atoms with van der Waals surface area (Å²) in [6.07, 6.45) is 0. The number of rotatable bonds is 2. The smallest absolute Gasteiger partial charge is 0.258 e. The van der Waals surface area contributed by atoms with Crippen LogP contribution >= 0.6 is 11.6 Å². The molecule has 0 saturated heterocycles. The van der Waals surface area contributed by atoms with Crippen molar-refractivity contribution in [1.82, 2.24) is 0 Å². The zero-order chi connectivity index (χ0) is 14.0. The van der Waals surface area contributed by atoms with Gasteiger partial charge in [-0.15, -0.1) is 0 Å². The molecular weight excluding hydrogens is 279 g/mol. The summed E-state index contributed by atoms with van der Waals surface area (Å²) >= 11 is 5.61. The van der Waals surface area contributed by atoms with E-state index in [0.717, 1.165) is 24.3 Å². The van der Waals surface area contributed by atoms with Crippen LogP contribution in [0.1, 0.15) is 10.4 Å². The van der Waals surface area contributed by atoms with E-state index in [-0.39, 0.29) is 10.7 Å². The van der Waals surface area contributed by atoms with Crippen LogP contribution in [0, 0.1) is 17.5 Å². The average molecular weight is 286 g/mol. The normalized spacial score (nSPS) is 10.3. The summed E-state index contributed by atoms with van der Waals surface area (Å²) in [6, 6.07) is 6.58. The Labute approximate surface area is 111 Å². The molecule has 2 nitrogen and oxygen atoms in total. The van der Waals surface area contributed by atoms with Crippen LogP contribution in [-0.4, -0.2) is 5.91 Å². The fraction of sp³-hybridized carbons (Fsp3) is 0. The topological polar surface area (TPSA) is 29.1 Å². The van der Waals surface area contributed by atoms with Crippen molar-refractivity contribution in [3.8, 4) is 0 Å². The van der Waals surface area contributed by atoms with Gasteiger partial charge in [-0.25, -0.2) is 13.2 Å². The van der Waals surface area contributed by atoms with E-state index in [9.17, 15) is 18.0 Å². The highest BCUT2D eigenvalue weighted by molar-refractivity contribution is 6.31. The van der Waals surface area contributed by atoms with Gasteiger partial charge in [-0.1, -0.05) is 17.7 Å². The summed E-state index contributed by atoms with van der Waals surface area (Å²) in [5, 5.41) is 2.32. The first-order valence-electron chi connectivity index (χ1n) is 5.19. The van der Waals surface area contributed by atoms with Gasteiger partial charge in [0.1, 0.15) is 5.82 Å². The Morgan fingerprint density at radius 2 is 1.84 bits per heavy atom. The van der Waals surface area contributed by atoms with E-state index in [1.54, 1.807) is 0 Å². The largest absolute Gasteiger partial charge is 0.322 e. The molecule has 0 saturated carbocycles. The van der Waals surface area contributed by atoms with Gasteiger partial charge in [0.05, 0.1) is 5.56 Å². The van der Waals surface area contributed by atoms with Crippen molar-refractivity contribution in [2.45, 2.75) is 0 Å². The molecule has 2 rings (SSSR count). The van der Waals surface area contributed by atoms with Crippen molar-refractivity contribution >= 4 is 23.2 Å². The molecule has 1 amide bonds. The van der Waals surface area contributed by atoms with Crippen LogP contribution in [0.3, 0.4) is 0 Å². The van der Waals surface area contributed by atoms with E-state index >= 15 is 0 Å². The maximum absolute atomic E-state index is 13.4. The van der Waals surface area contributed by atoms with E-state index in [0.29, 0.717) is 0 Å². The van der Waals surface area contributed by atoms with E-state index < -0.39 is 28.9 Å². The molecule has 0 spiro atoms. The third-order valence-electron chi connectivity index (χ3n) is 2.32. The summed E-state index contributed by atoms with van der Waals surface area (Å²) in [6.45, 7) is 0. The highest BCUT2D eigenvalue weighted by atomic mass is 35.5. The molecule has 0 unspecified atom stereocenters. The Morgan fingerprint density at radius 3 is 2.53 bits per heavy atom. The van der Waals surface area contributed by atoms with Gasteiger partial charge in [0.15, 0.2) is 11.6 Å². The molecule has 0 fully saturated rings. The second-order valence-corrected chi connectivity index (χ2v) is 4.15. The molecule has 0 heterocycles. The minimum Gasteiger partial charge on any atom is -0.322 e. The second-order valence-electron chi connectivity index (χ2n) is 3.71. The monoisotopic (exact) mass is 285 g/mol. The van der Waals surface area contributed by atoms with Crippen LogP contribution in [-0.2, 0) is 0 Å². The molecule has 2 aromatic carbocycles. The minimum atomic E-state index is -1.26. The van der Waals surface area contributed by atoms with Crippen LogP contribution in [0.15, 0.2) is 36.4 Å². The van der Waals surface area contributed by atoms with E-state index in [1.807, 2.05) is 0 Å². The number of hydrogen-bond donors (Lipinski definition) is 1. The first kappa shape index (κ1) is 13.4.